The summed E-state index contributed by atoms with van der Waals surface area (Å²) < 4.78 is 23.9. The molecule has 1 aromatic rings. The van der Waals surface area contributed by atoms with Crippen LogP contribution >= 0.6 is 0 Å². The highest BCUT2D eigenvalue weighted by Gasteiger charge is 2.53. The fraction of sp³-hybridized carbons (Fsp3) is 0.652. The molecule has 3 aliphatic heterocycles. The molecule has 4 atom stereocenters. The minimum atomic E-state index is -1.08. The summed E-state index contributed by atoms with van der Waals surface area (Å²) in [4.78, 5) is 25.3. The van der Waals surface area contributed by atoms with Crippen molar-refractivity contribution < 1.29 is 33.6 Å². The van der Waals surface area contributed by atoms with Gasteiger partial charge in [0, 0.05) is 18.0 Å². The van der Waals surface area contributed by atoms with Crippen LogP contribution in [0.5, 0.6) is 11.5 Å². The van der Waals surface area contributed by atoms with E-state index in [1.54, 1.807) is 0 Å². The quantitative estimate of drug-likeness (QED) is 0.737. The summed E-state index contributed by atoms with van der Waals surface area (Å²) in [5.41, 5.74) is 0.504. The van der Waals surface area contributed by atoms with Crippen LogP contribution in [-0.4, -0.2) is 66.0 Å². The number of carbonyl (C=O) groups excluding carboxylic acids is 1. The molecule has 31 heavy (non-hydrogen) atoms. The number of carboxylic acid groups (broad SMARTS) is 1. The van der Waals surface area contributed by atoms with E-state index in [4.69, 9.17) is 24.1 Å². The van der Waals surface area contributed by atoms with Crippen molar-refractivity contribution in [3.63, 3.8) is 0 Å². The normalized spacial score (nSPS) is 28.5. The number of para-hydroxylation sites is 1. The number of carbonyl (C=O) groups is 2. The van der Waals surface area contributed by atoms with Gasteiger partial charge in [0.15, 0.2) is 11.5 Å². The second-order valence-electron chi connectivity index (χ2n) is 8.93. The van der Waals surface area contributed by atoms with Crippen LogP contribution in [0, 0.1) is 5.92 Å². The van der Waals surface area contributed by atoms with Crippen molar-refractivity contribution in [2.75, 3.05) is 26.4 Å². The average Bonchev–Trinajstić information content (AvgIpc) is 2.72. The maximum absolute atomic E-state index is 12.8. The Kier molecular flexibility index (Phi) is 6.12. The number of fused-ring (bicyclic) bond motifs is 4. The Morgan fingerprint density at radius 1 is 1.29 bits per heavy atom. The Bertz CT molecular complexity index is 839. The van der Waals surface area contributed by atoms with Gasteiger partial charge in [-0.25, -0.2) is 4.79 Å². The topological polar surface area (TPSA) is 94.5 Å². The molecule has 0 saturated carbocycles. The Morgan fingerprint density at radius 3 is 2.84 bits per heavy atom. The lowest BCUT2D eigenvalue weighted by molar-refractivity contribution is -0.194. The van der Waals surface area contributed by atoms with Crippen LogP contribution in [-0.2, 0) is 19.1 Å². The number of amides is 1. The van der Waals surface area contributed by atoms with Crippen LogP contribution in [0.3, 0.4) is 0 Å². The molecule has 0 spiro atoms. The van der Waals surface area contributed by atoms with Crippen LogP contribution in [0.15, 0.2) is 18.2 Å². The van der Waals surface area contributed by atoms with Crippen molar-refractivity contribution in [2.45, 2.75) is 63.9 Å². The minimum Gasteiger partial charge on any atom is -0.490 e. The smallest absolute Gasteiger partial charge is 0.329 e. The summed E-state index contributed by atoms with van der Waals surface area (Å²) in [6, 6.07) is 5.85. The van der Waals surface area contributed by atoms with E-state index >= 15 is 0 Å². The number of rotatable bonds is 6. The number of likely N-dealkylation sites (tertiary alicyclic amines) is 1. The molecule has 3 aliphatic rings. The molecule has 1 aromatic carbocycles. The van der Waals surface area contributed by atoms with E-state index in [-0.39, 0.29) is 36.7 Å². The van der Waals surface area contributed by atoms with E-state index in [0.29, 0.717) is 13.2 Å². The summed E-state index contributed by atoms with van der Waals surface area (Å²) in [6.45, 7) is 6.55. The van der Waals surface area contributed by atoms with Crippen molar-refractivity contribution in [3.8, 4) is 11.5 Å². The molecular weight excluding hydrogens is 402 g/mol. The Hall–Kier alpha value is -2.32. The zero-order valence-electron chi connectivity index (χ0n) is 18.3. The number of benzene rings is 1. The zero-order valence-corrected chi connectivity index (χ0v) is 18.3. The van der Waals surface area contributed by atoms with Gasteiger partial charge in [0.25, 0.3) is 0 Å². The van der Waals surface area contributed by atoms with Gasteiger partial charge in [0.2, 0.25) is 5.91 Å². The van der Waals surface area contributed by atoms with Crippen LogP contribution < -0.4 is 9.47 Å². The van der Waals surface area contributed by atoms with Crippen LogP contribution in [0.1, 0.15) is 51.7 Å². The lowest BCUT2D eigenvalue weighted by atomic mass is 9.72. The number of piperidine rings is 1. The molecule has 3 heterocycles. The predicted octanol–water partition coefficient (Wildman–Crippen LogP) is 2.79. The first-order chi connectivity index (χ1) is 14.8. The number of nitrogens with zero attached hydrogens (tertiary/aromatic N) is 1. The standard InChI is InChI=1S/C23H31NO7/c1-4-29-18-8-5-7-14-21-15(23(2,3)31-22(14)18)11-16-17(30-21)9-6-10-24(16)19(25)12-28-13-20(26)27/h5,7-8,15-17,21H,4,6,9-13H2,1-3H3,(H,26,27)/t15-,16-,17-,21+/m0/s1. The number of hydrogen-bond donors (Lipinski definition) is 1. The molecule has 8 heteroatoms. The lowest BCUT2D eigenvalue weighted by Gasteiger charge is -2.54. The third-order valence-corrected chi connectivity index (χ3v) is 6.54. The molecule has 0 unspecified atom stereocenters. The number of carboxylic acids is 1. The van der Waals surface area contributed by atoms with E-state index in [1.165, 1.54) is 0 Å². The van der Waals surface area contributed by atoms with Crippen molar-refractivity contribution in [3.05, 3.63) is 23.8 Å². The first-order valence-corrected chi connectivity index (χ1v) is 11.0. The summed E-state index contributed by atoms with van der Waals surface area (Å²) in [7, 11) is 0. The summed E-state index contributed by atoms with van der Waals surface area (Å²) in [5.74, 6) is 0.269. The van der Waals surface area contributed by atoms with E-state index in [1.807, 2.05) is 30.0 Å². The molecule has 2 fully saturated rings. The van der Waals surface area contributed by atoms with Crippen LogP contribution in [0.2, 0.25) is 0 Å². The molecule has 170 valence electrons. The summed E-state index contributed by atoms with van der Waals surface area (Å²) >= 11 is 0. The molecule has 8 nitrogen and oxygen atoms in total. The molecule has 1 amide bonds. The van der Waals surface area contributed by atoms with Gasteiger partial charge in [-0.3, -0.25) is 4.79 Å². The van der Waals surface area contributed by atoms with Gasteiger partial charge in [-0.05, 0) is 46.1 Å². The fourth-order valence-electron chi connectivity index (χ4n) is 5.16. The Labute approximate surface area is 182 Å². The monoisotopic (exact) mass is 433 g/mol. The third-order valence-electron chi connectivity index (χ3n) is 6.54. The minimum absolute atomic E-state index is 0.0615. The molecule has 0 aromatic heterocycles. The lowest BCUT2D eigenvalue weighted by Crippen LogP contribution is -2.60. The zero-order chi connectivity index (χ0) is 22.2. The van der Waals surface area contributed by atoms with Crippen molar-refractivity contribution >= 4 is 11.9 Å². The van der Waals surface area contributed by atoms with Crippen molar-refractivity contribution in [2.24, 2.45) is 5.92 Å². The average molecular weight is 434 g/mol. The largest absolute Gasteiger partial charge is 0.490 e. The highest BCUT2D eigenvalue weighted by Crippen LogP contribution is 2.54. The van der Waals surface area contributed by atoms with Crippen LogP contribution in [0.4, 0.5) is 0 Å². The van der Waals surface area contributed by atoms with Gasteiger partial charge in [-0.1, -0.05) is 12.1 Å². The molecular formula is C23H31NO7. The fourth-order valence-corrected chi connectivity index (χ4v) is 5.16. The van der Waals surface area contributed by atoms with E-state index < -0.39 is 18.2 Å². The number of ether oxygens (including phenoxy) is 4. The predicted molar refractivity (Wildman–Crippen MR) is 111 cm³/mol. The molecule has 2 saturated heterocycles. The SMILES string of the molecule is CCOc1cccc2c1OC(C)(C)[C@H]1C[C@H]3[C@H](CCCN3C(=O)COCC(=O)O)O[C@H]21. The second-order valence-corrected chi connectivity index (χ2v) is 8.93. The molecule has 0 aliphatic carbocycles. The van der Waals surface area contributed by atoms with Gasteiger partial charge >= 0.3 is 5.97 Å². The van der Waals surface area contributed by atoms with E-state index in [2.05, 4.69) is 13.8 Å². The van der Waals surface area contributed by atoms with Gasteiger partial charge < -0.3 is 29.0 Å². The number of hydrogen-bond acceptors (Lipinski definition) is 6. The van der Waals surface area contributed by atoms with Crippen molar-refractivity contribution in [1.29, 1.82) is 0 Å². The molecule has 1 N–H and O–H groups in total. The van der Waals surface area contributed by atoms with Gasteiger partial charge in [-0.15, -0.1) is 0 Å². The molecule has 0 bridgehead atoms. The molecule has 0 radical (unpaired) electrons. The summed E-state index contributed by atoms with van der Waals surface area (Å²) in [6.07, 6.45) is 2.28. The van der Waals surface area contributed by atoms with E-state index in [0.717, 1.165) is 36.3 Å². The highest BCUT2D eigenvalue weighted by atomic mass is 16.5. The second kappa shape index (κ2) is 8.67. The summed E-state index contributed by atoms with van der Waals surface area (Å²) in [5, 5.41) is 8.75. The Balaban J connectivity index is 1.57. The van der Waals surface area contributed by atoms with Gasteiger partial charge in [-0.2, -0.15) is 0 Å². The maximum Gasteiger partial charge on any atom is 0.329 e. The molecule has 4 rings (SSSR count). The van der Waals surface area contributed by atoms with Gasteiger partial charge in [0.1, 0.15) is 18.8 Å². The maximum atomic E-state index is 12.8. The number of aliphatic carboxylic acids is 1. The Morgan fingerprint density at radius 2 is 2.10 bits per heavy atom. The first-order valence-electron chi connectivity index (χ1n) is 11.0. The van der Waals surface area contributed by atoms with Gasteiger partial charge in [0.05, 0.1) is 24.9 Å². The first kappa shape index (κ1) is 21.9. The third kappa shape index (κ3) is 4.23. The van der Waals surface area contributed by atoms with Crippen molar-refractivity contribution in [1.82, 2.24) is 4.90 Å². The highest BCUT2D eigenvalue weighted by molar-refractivity contribution is 5.78. The van der Waals surface area contributed by atoms with E-state index in [9.17, 15) is 9.59 Å². The van der Waals surface area contributed by atoms with Crippen LogP contribution in [0.25, 0.3) is 0 Å².